The number of hydrogen-bond acceptors (Lipinski definition) is 6. The van der Waals surface area contributed by atoms with Gasteiger partial charge in [-0.3, -0.25) is 9.52 Å². The van der Waals surface area contributed by atoms with Gasteiger partial charge in [0.25, 0.3) is 10.0 Å². The van der Waals surface area contributed by atoms with Crippen LogP contribution in [-0.4, -0.2) is 35.7 Å². The number of benzene rings is 2. The zero-order chi connectivity index (χ0) is 22.1. The van der Waals surface area contributed by atoms with Crippen LogP contribution in [0.3, 0.4) is 0 Å². The lowest BCUT2D eigenvalue weighted by atomic mass is 10.1. The first-order valence-corrected chi connectivity index (χ1v) is 10.8. The van der Waals surface area contributed by atoms with Gasteiger partial charge in [0.05, 0.1) is 32.6 Å². The molecule has 0 heterocycles. The number of halogens is 1. The van der Waals surface area contributed by atoms with Gasteiger partial charge in [-0.1, -0.05) is 23.4 Å². The van der Waals surface area contributed by atoms with Crippen molar-refractivity contribution in [2.75, 3.05) is 26.1 Å². The quantitative estimate of drug-likeness (QED) is 0.372. The highest BCUT2D eigenvalue weighted by Crippen LogP contribution is 2.31. The number of nitrogens with one attached hydrogen (secondary N) is 1. The lowest BCUT2D eigenvalue weighted by molar-refractivity contribution is -0.140. The Kier molecular flexibility index (Phi) is 8.39. The Balaban J connectivity index is 2.30. The number of rotatable bonds is 8. The third-order valence-electron chi connectivity index (χ3n) is 4.02. The Hall–Kier alpha value is -2.89. The van der Waals surface area contributed by atoms with Crippen LogP contribution in [0.1, 0.15) is 24.8 Å². The molecule has 0 saturated carbocycles. The first-order chi connectivity index (χ1) is 14.3. The van der Waals surface area contributed by atoms with Crippen molar-refractivity contribution in [1.82, 2.24) is 0 Å². The van der Waals surface area contributed by atoms with Crippen molar-refractivity contribution in [2.24, 2.45) is 0 Å². The maximum absolute atomic E-state index is 13.0. The minimum atomic E-state index is -4.00. The highest BCUT2D eigenvalue weighted by molar-refractivity contribution is 7.92. The van der Waals surface area contributed by atoms with E-state index in [1.165, 1.54) is 39.5 Å². The van der Waals surface area contributed by atoms with Crippen LogP contribution in [0, 0.1) is 11.8 Å². The SMILES string of the molecule is COC(=O)CCCC#Cc1cc(Cl)ccc1NS(=O)(=O)c1cc(OC)ccc1OC. The Labute approximate surface area is 181 Å². The van der Waals surface area contributed by atoms with Crippen LogP contribution < -0.4 is 14.2 Å². The predicted molar refractivity (Wildman–Crippen MR) is 115 cm³/mol. The van der Waals surface area contributed by atoms with Gasteiger partial charge in [-0.2, -0.15) is 0 Å². The van der Waals surface area contributed by atoms with Crippen molar-refractivity contribution in [2.45, 2.75) is 24.2 Å². The van der Waals surface area contributed by atoms with Gasteiger partial charge in [-0.15, -0.1) is 0 Å². The molecule has 0 saturated heterocycles. The number of carbonyl (C=O) groups excluding carboxylic acids is 1. The van der Waals surface area contributed by atoms with Crippen molar-refractivity contribution in [3.63, 3.8) is 0 Å². The molecule has 0 unspecified atom stereocenters. The van der Waals surface area contributed by atoms with E-state index >= 15 is 0 Å². The number of unbranched alkanes of at least 4 members (excludes halogenated alkanes) is 1. The van der Waals surface area contributed by atoms with Gasteiger partial charge >= 0.3 is 5.97 Å². The molecule has 0 spiro atoms. The molecule has 0 bridgehead atoms. The molecule has 1 N–H and O–H groups in total. The molecule has 0 fully saturated rings. The van der Waals surface area contributed by atoms with Gasteiger partial charge < -0.3 is 14.2 Å². The Morgan fingerprint density at radius 2 is 1.87 bits per heavy atom. The molecule has 2 aromatic rings. The third-order valence-corrected chi connectivity index (χ3v) is 5.64. The van der Waals surface area contributed by atoms with E-state index in [0.717, 1.165) is 0 Å². The van der Waals surface area contributed by atoms with E-state index in [-0.39, 0.29) is 28.7 Å². The molecule has 7 nitrogen and oxygen atoms in total. The smallest absolute Gasteiger partial charge is 0.305 e. The van der Waals surface area contributed by atoms with E-state index in [1.807, 2.05) is 0 Å². The molecule has 2 rings (SSSR count). The topological polar surface area (TPSA) is 90.9 Å². The molecule has 0 aliphatic rings. The average molecular weight is 452 g/mol. The second-order valence-corrected chi connectivity index (χ2v) is 8.13. The van der Waals surface area contributed by atoms with Crippen molar-refractivity contribution in [1.29, 1.82) is 0 Å². The standard InChI is InChI=1S/C21H22ClNO6S/c1-27-17-10-12-19(28-2)20(14-17)30(25,26)23-18-11-9-16(22)13-15(18)7-5-4-6-8-21(24)29-3/h9-14,23H,4,6,8H2,1-3H3. The van der Waals surface area contributed by atoms with Gasteiger partial charge in [0, 0.05) is 23.9 Å². The van der Waals surface area contributed by atoms with Crippen LogP contribution in [0.5, 0.6) is 11.5 Å². The summed E-state index contributed by atoms with van der Waals surface area (Å²) in [6, 6.07) is 9.14. The molecule has 0 atom stereocenters. The molecule has 0 aromatic heterocycles. The zero-order valence-electron chi connectivity index (χ0n) is 16.8. The zero-order valence-corrected chi connectivity index (χ0v) is 18.4. The summed E-state index contributed by atoms with van der Waals surface area (Å²) in [7, 11) is 0.155. The molecule has 9 heteroatoms. The van der Waals surface area contributed by atoms with E-state index in [1.54, 1.807) is 18.2 Å². The summed E-state index contributed by atoms with van der Waals surface area (Å²) < 4.78 is 43.4. The third kappa shape index (κ3) is 6.31. The maximum atomic E-state index is 13.0. The van der Waals surface area contributed by atoms with E-state index in [9.17, 15) is 13.2 Å². The number of esters is 1. The summed E-state index contributed by atoms with van der Waals surface area (Å²) in [6.45, 7) is 0. The fraction of sp³-hybridized carbons (Fsp3) is 0.286. The Morgan fingerprint density at radius 1 is 1.10 bits per heavy atom. The van der Waals surface area contributed by atoms with Crippen LogP contribution in [0.2, 0.25) is 5.02 Å². The van der Waals surface area contributed by atoms with Crippen molar-refractivity contribution < 1.29 is 27.4 Å². The van der Waals surface area contributed by atoms with Crippen LogP contribution in [0.15, 0.2) is 41.3 Å². The fourth-order valence-electron chi connectivity index (χ4n) is 2.48. The summed E-state index contributed by atoms with van der Waals surface area (Å²) in [5.41, 5.74) is 0.677. The molecule has 0 amide bonds. The lowest BCUT2D eigenvalue weighted by Gasteiger charge is -2.14. The summed E-state index contributed by atoms with van der Waals surface area (Å²) >= 11 is 6.05. The lowest BCUT2D eigenvalue weighted by Crippen LogP contribution is -2.15. The van der Waals surface area contributed by atoms with Crippen LogP contribution in [0.4, 0.5) is 5.69 Å². The molecule has 0 aliphatic heterocycles. The van der Waals surface area contributed by atoms with E-state index < -0.39 is 10.0 Å². The number of ether oxygens (including phenoxy) is 3. The minimum absolute atomic E-state index is 0.0729. The highest BCUT2D eigenvalue weighted by atomic mass is 35.5. The average Bonchev–Trinajstić information content (AvgIpc) is 2.74. The van der Waals surface area contributed by atoms with E-state index in [2.05, 4.69) is 21.3 Å². The van der Waals surface area contributed by atoms with Gasteiger partial charge in [0.15, 0.2) is 0 Å². The van der Waals surface area contributed by atoms with Gasteiger partial charge in [-0.05, 0) is 36.8 Å². The molecule has 30 heavy (non-hydrogen) atoms. The molecular formula is C21H22ClNO6S. The summed E-state index contributed by atoms with van der Waals surface area (Å²) in [4.78, 5) is 11.1. The predicted octanol–water partition coefficient (Wildman–Crippen LogP) is 3.85. The molecule has 2 aromatic carbocycles. The van der Waals surface area contributed by atoms with E-state index in [4.69, 9.17) is 21.1 Å². The van der Waals surface area contributed by atoms with E-state index in [0.29, 0.717) is 29.2 Å². The fourth-order valence-corrected chi connectivity index (χ4v) is 3.92. The number of methoxy groups -OCH3 is 3. The second kappa shape index (κ2) is 10.8. The Morgan fingerprint density at radius 3 is 2.53 bits per heavy atom. The van der Waals surface area contributed by atoms with Crippen LogP contribution >= 0.6 is 11.6 Å². The van der Waals surface area contributed by atoms with Gasteiger partial charge in [-0.25, -0.2) is 8.42 Å². The first-order valence-electron chi connectivity index (χ1n) is 8.90. The second-order valence-electron chi connectivity index (χ2n) is 6.04. The summed E-state index contributed by atoms with van der Waals surface area (Å²) in [5, 5.41) is 0.413. The van der Waals surface area contributed by atoms with Gasteiger partial charge in [0.1, 0.15) is 16.4 Å². The van der Waals surface area contributed by atoms with Crippen molar-refractivity contribution in [3.05, 3.63) is 47.0 Å². The number of anilines is 1. The first kappa shape index (κ1) is 23.4. The van der Waals surface area contributed by atoms with Crippen molar-refractivity contribution in [3.8, 4) is 23.3 Å². The van der Waals surface area contributed by atoms with Crippen LogP contribution in [-0.2, 0) is 19.6 Å². The largest absolute Gasteiger partial charge is 0.497 e. The molecule has 160 valence electrons. The number of carbonyl (C=O) groups is 1. The summed E-state index contributed by atoms with van der Waals surface area (Å²) in [6.07, 6.45) is 1.23. The van der Waals surface area contributed by atoms with Crippen molar-refractivity contribution >= 4 is 33.3 Å². The highest BCUT2D eigenvalue weighted by Gasteiger charge is 2.22. The van der Waals surface area contributed by atoms with Gasteiger partial charge in [0.2, 0.25) is 0 Å². The molecule has 0 aliphatic carbocycles. The Bertz CT molecular complexity index is 1070. The maximum Gasteiger partial charge on any atom is 0.305 e. The number of hydrogen-bond donors (Lipinski definition) is 1. The van der Waals surface area contributed by atoms with Crippen LogP contribution in [0.25, 0.3) is 0 Å². The molecule has 0 radical (unpaired) electrons. The number of sulfonamides is 1. The minimum Gasteiger partial charge on any atom is -0.497 e. The monoisotopic (exact) mass is 451 g/mol. The molecular weight excluding hydrogens is 430 g/mol. The normalized spacial score (nSPS) is 10.5. The summed E-state index contributed by atoms with van der Waals surface area (Å²) in [5.74, 6) is 6.06.